The van der Waals surface area contributed by atoms with E-state index in [1.54, 1.807) is 0 Å². The van der Waals surface area contributed by atoms with Gasteiger partial charge in [-0.3, -0.25) is 0 Å². The lowest BCUT2D eigenvalue weighted by molar-refractivity contribution is 0.0475. The predicted octanol–water partition coefficient (Wildman–Crippen LogP) is 4.10. The van der Waals surface area contributed by atoms with Gasteiger partial charge in [0, 0.05) is 17.3 Å². The molecule has 1 saturated carbocycles. The number of carbonyl (C=O) groups excluding carboxylic acids is 1. The third-order valence-corrected chi connectivity index (χ3v) is 5.35. The molecule has 2 aromatic rings. The number of aromatic amines is 1. The van der Waals surface area contributed by atoms with Crippen LogP contribution in [0.4, 0.5) is 0 Å². The van der Waals surface area contributed by atoms with Crippen LogP contribution in [0.15, 0.2) is 18.2 Å². The van der Waals surface area contributed by atoms with E-state index in [9.17, 15) is 4.79 Å². The Labute approximate surface area is 124 Å². The van der Waals surface area contributed by atoms with E-state index in [4.69, 9.17) is 4.74 Å². The summed E-state index contributed by atoms with van der Waals surface area (Å²) in [6.45, 7) is 2.89. The molecule has 2 heterocycles. The number of fused-ring (bicyclic) bond motifs is 3. The molecule has 0 saturated heterocycles. The summed E-state index contributed by atoms with van der Waals surface area (Å²) < 4.78 is 5.13. The van der Waals surface area contributed by atoms with Crippen LogP contribution in [0.1, 0.15) is 60.6 Å². The Bertz CT molecular complexity index is 707. The van der Waals surface area contributed by atoms with E-state index in [1.807, 2.05) is 0 Å². The monoisotopic (exact) mass is 283 g/mol. The van der Waals surface area contributed by atoms with Gasteiger partial charge in [0.1, 0.15) is 5.69 Å². The highest BCUT2D eigenvalue weighted by atomic mass is 16.5. The molecule has 2 aliphatic rings. The molecule has 0 bridgehead atoms. The van der Waals surface area contributed by atoms with Gasteiger partial charge >= 0.3 is 5.97 Å². The summed E-state index contributed by atoms with van der Waals surface area (Å²) in [6, 6.07) is 6.69. The first-order chi connectivity index (χ1) is 10.2. The minimum absolute atomic E-state index is 0.210. The maximum absolute atomic E-state index is 11.9. The molecule has 1 aromatic heterocycles. The standard InChI is InChI=1S/C18H21NO2/c1-18(8-3-2-4-9-18)12-5-6-15-14(11-12)13-7-10-21-17(20)16(13)19-15/h5-6,11,19H,2-4,7-10H2,1H3. The zero-order chi connectivity index (χ0) is 14.4. The summed E-state index contributed by atoms with van der Waals surface area (Å²) in [5.41, 5.74) is 4.58. The predicted molar refractivity (Wildman–Crippen MR) is 82.7 cm³/mol. The average molecular weight is 283 g/mol. The summed E-state index contributed by atoms with van der Waals surface area (Å²) >= 11 is 0. The summed E-state index contributed by atoms with van der Waals surface area (Å²) in [5, 5.41) is 1.21. The maximum Gasteiger partial charge on any atom is 0.355 e. The molecule has 1 N–H and O–H groups in total. The van der Waals surface area contributed by atoms with Crippen molar-refractivity contribution in [3.63, 3.8) is 0 Å². The van der Waals surface area contributed by atoms with Crippen LogP contribution in [0.3, 0.4) is 0 Å². The van der Waals surface area contributed by atoms with Crippen molar-refractivity contribution in [2.45, 2.75) is 50.9 Å². The molecule has 0 atom stereocenters. The Morgan fingerprint density at radius 1 is 1.19 bits per heavy atom. The molecule has 4 rings (SSSR count). The largest absolute Gasteiger partial charge is 0.461 e. The first-order valence-electron chi connectivity index (χ1n) is 8.00. The van der Waals surface area contributed by atoms with Gasteiger partial charge in [-0.05, 0) is 41.5 Å². The number of aromatic nitrogens is 1. The van der Waals surface area contributed by atoms with E-state index in [-0.39, 0.29) is 5.97 Å². The van der Waals surface area contributed by atoms with Crippen LogP contribution < -0.4 is 0 Å². The van der Waals surface area contributed by atoms with E-state index in [0.29, 0.717) is 17.7 Å². The second kappa shape index (κ2) is 4.62. The van der Waals surface area contributed by atoms with E-state index in [1.165, 1.54) is 43.1 Å². The number of esters is 1. The van der Waals surface area contributed by atoms with Gasteiger partial charge in [-0.25, -0.2) is 4.79 Å². The van der Waals surface area contributed by atoms with Crippen molar-refractivity contribution < 1.29 is 9.53 Å². The van der Waals surface area contributed by atoms with E-state index < -0.39 is 0 Å². The molecule has 0 amide bonds. The molecule has 0 radical (unpaired) electrons. The minimum atomic E-state index is -0.210. The van der Waals surface area contributed by atoms with Crippen LogP contribution in [0.5, 0.6) is 0 Å². The number of hydrogen-bond acceptors (Lipinski definition) is 2. The molecule has 0 spiro atoms. The van der Waals surface area contributed by atoms with Gasteiger partial charge in [-0.1, -0.05) is 32.3 Å². The molecular weight excluding hydrogens is 262 g/mol. The zero-order valence-corrected chi connectivity index (χ0v) is 12.5. The number of carbonyl (C=O) groups is 1. The smallest absolute Gasteiger partial charge is 0.355 e. The van der Waals surface area contributed by atoms with Crippen LogP contribution in [0, 0.1) is 0 Å². The van der Waals surface area contributed by atoms with Gasteiger partial charge in [-0.15, -0.1) is 0 Å². The van der Waals surface area contributed by atoms with Gasteiger partial charge in [0.15, 0.2) is 0 Å². The normalized spacial score (nSPS) is 21.1. The number of nitrogens with one attached hydrogen (secondary N) is 1. The van der Waals surface area contributed by atoms with E-state index >= 15 is 0 Å². The fraction of sp³-hybridized carbons (Fsp3) is 0.500. The van der Waals surface area contributed by atoms with Crippen molar-refractivity contribution in [2.24, 2.45) is 0 Å². The van der Waals surface area contributed by atoms with Gasteiger partial charge in [0.25, 0.3) is 0 Å². The third-order valence-electron chi connectivity index (χ3n) is 5.35. The van der Waals surface area contributed by atoms with Gasteiger partial charge in [0.2, 0.25) is 0 Å². The van der Waals surface area contributed by atoms with Crippen LogP contribution in [-0.4, -0.2) is 17.6 Å². The highest BCUT2D eigenvalue weighted by molar-refractivity contribution is 5.99. The summed E-state index contributed by atoms with van der Waals surface area (Å²) in [6.07, 6.45) is 7.38. The van der Waals surface area contributed by atoms with E-state index in [0.717, 1.165) is 17.5 Å². The zero-order valence-electron chi connectivity index (χ0n) is 12.5. The fourth-order valence-corrected chi connectivity index (χ4v) is 4.00. The van der Waals surface area contributed by atoms with Gasteiger partial charge < -0.3 is 9.72 Å². The second-order valence-corrected chi connectivity index (χ2v) is 6.75. The molecule has 3 heteroatoms. The highest BCUT2D eigenvalue weighted by Crippen LogP contribution is 2.40. The Morgan fingerprint density at radius 3 is 2.81 bits per heavy atom. The van der Waals surface area contributed by atoms with Crippen molar-refractivity contribution in [1.29, 1.82) is 0 Å². The average Bonchev–Trinajstić information content (AvgIpc) is 2.88. The Hall–Kier alpha value is -1.77. The molecule has 0 unspecified atom stereocenters. The van der Waals surface area contributed by atoms with Crippen LogP contribution in [0.2, 0.25) is 0 Å². The van der Waals surface area contributed by atoms with Crippen molar-refractivity contribution >= 4 is 16.9 Å². The number of benzene rings is 1. The fourth-order valence-electron chi connectivity index (χ4n) is 4.00. The molecule has 1 aliphatic carbocycles. The van der Waals surface area contributed by atoms with Crippen molar-refractivity contribution in [1.82, 2.24) is 4.98 Å². The summed E-state index contributed by atoms with van der Waals surface area (Å²) in [5.74, 6) is -0.210. The third kappa shape index (κ3) is 1.98. The van der Waals surface area contributed by atoms with Crippen molar-refractivity contribution in [2.75, 3.05) is 6.61 Å². The lowest BCUT2D eigenvalue weighted by Gasteiger charge is -2.34. The van der Waals surface area contributed by atoms with Crippen molar-refractivity contribution in [3.05, 3.63) is 35.0 Å². The number of cyclic esters (lactones) is 1. The molecule has 1 fully saturated rings. The molecular formula is C18H21NO2. The number of H-pyrrole nitrogens is 1. The van der Waals surface area contributed by atoms with Crippen LogP contribution in [-0.2, 0) is 16.6 Å². The lowest BCUT2D eigenvalue weighted by Crippen LogP contribution is -2.24. The van der Waals surface area contributed by atoms with Gasteiger partial charge in [0.05, 0.1) is 6.61 Å². The van der Waals surface area contributed by atoms with Crippen LogP contribution in [0.25, 0.3) is 10.9 Å². The first kappa shape index (κ1) is 12.9. The Morgan fingerprint density at radius 2 is 2.00 bits per heavy atom. The number of hydrogen-bond donors (Lipinski definition) is 1. The topological polar surface area (TPSA) is 42.1 Å². The minimum Gasteiger partial charge on any atom is -0.461 e. The molecule has 21 heavy (non-hydrogen) atoms. The quantitative estimate of drug-likeness (QED) is 0.800. The first-order valence-corrected chi connectivity index (χ1v) is 8.00. The molecule has 1 aromatic carbocycles. The lowest BCUT2D eigenvalue weighted by atomic mass is 9.71. The summed E-state index contributed by atoms with van der Waals surface area (Å²) in [7, 11) is 0. The van der Waals surface area contributed by atoms with Crippen molar-refractivity contribution in [3.8, 4) is 0 Å². The maximum atomic E-state index is 11.9. The Balaban J connectivity index is 1.84. The summed E-state index contributed by atoms with van der Waals surface area (Å²) in [4.78, 5) is 15.1. The SMILES string of the molecule is CC1(c2ccc3[nH]c4c(c3c2)CCOC4=O)CCCCC1. The van der Waals surface area contributed by atoms with Crippen LogP contribution >= 0.6 is 0 Å². The van der Waals surface area contributed by atoms with Gasteiger partial charge in [-0.2, -0.15) is 0 Å². The molecule has 3 nitrogen and oxygen atoms in total. The number of ether oxygens (including phenoxy) is 1. The second-order valence-electron chi connectivity index (χ2n) is 6.75. The molecule has 1 aliphatic heterocycles. The number of rotatable bonds is 1. The molecule has 110 valence electrons. The highest BCUT2D eigenvalue weighted by Gasteiger charge is 2.30. The van der Waals surface area contributed by atoms with E-state index in [2.05, 4.69) is 30.1 Å². The Kier molecular flexibility index (Phi) is 2.84.